The van der Waals surface area contributed by atoms with Crippen LogP contribution in [0.5, 0.6) is 0 Å². The summed E-state index contributed by atoms with van der Waals surface area (Å²) in [4.78, 5) is 32.5. The quantitative estimate of drug-likeness (QED) is 0.171. The van der Waals surface area contributed by atoms with Crippen molar-refractivity contribution in [2.45, 2.75) is 0 Å². The number of halogens is 1. The van der Waals surface area contributed by atoms with Gasteiger partial charge in [-0.25, -0.2) is 29.9 Å². The molecule has 9 heteroatoms. The number of nitrogens with one attached hydrogen (secondary N) is 1. The second-order valence-electron chi connectivity index (χ2n) is 23.9. The van der Waals surface area contributed by atoms with Crippen LogP contribution in [0.15, 0.2) is 320 Å². The van der Waals surface area contributed by atoms with Crippen LogP contribution >= 0.6 is 15.9 Å². The maximum absolute atomic E-state index is 4.95. The Morgan fingerprint density at radius 3 is 1.09 bits per heavy atom. The molecule has 18 aromatic rings. The summed E-state index contributed by atoms with van der Waals surface area (Å²) in [7, 11) is 0. The predicted molar refractivity (Wildman–Crippen MR) is 396 cm³/mol. The van der Waals surface area contributed by atoms with Crippen LogP contribution < -0.4 is 0 Å². The number of H-pyrrole nitrogens is 1. The first kappa shape index (κ1) is 55.5. The van der Waals surface area contributed by atoms with Crippen LogP contribution in [-0.2, 0) is 0 Å². The molecule has 0 radical (unpaired) electrons. The number of benzene rings is 14. The van der Waals surface area contributed by atoms with E-state index in [1.807, 2.05) is 146 Å². The Morgan fingerprint density at radius 1 is 0.263 bits per heavy atom. The zero-order chi connectivity index (χ0) is 62.9. The lowest BCUT2D eigenvalue weighted by Gasteiger charge is -2.12. The third-order valence-corrected chi connectivity index (χ3v) is 18.9. The Labute approximate surface area is 556 Å². The van der Waals surface area contributed by atoms with Crippen molar-refractivity contribution in [3.8, 4) is 119 Å². The van der Waals surface area contributed by atoms with Gasteiger partial charge >= 0.3 is 0 Å². The topological polar surface area (TPSA) is 98.1 Å². The number of hydrogen-bond acceptors (Lipinski definition) is 6. The molecule has 4 aromatic heterocycles. The van der Waals surface area contributed by atoms with Gasteiger partial charge < -0.3 is 9.55 Å². The molecule has 0 bridgehead atoms. The van der Waals surface area contributed by atoms with Crippen molar-refractivity contribution in [2.75, 3.05) is 0 Å². The highest BCUT2D eigenvalue weighted by Gasteiger charge is 2.27. The van der Waals surface area contributed by atoms with Crippen LogP contribution in [0.4, 0.5) is 0 Å². The summed E-state index contributed by atoms with van der Waals surface area (Å²) in [5.74, 6) is 3.98. The zero-order valence-electron chi connectivity index (χ0n) is 51.0. The summed E-state index contributed by atoms with van der Waals surface area (Å²) in [6.45, 7) is 0. The van der Waals surface area contributed by atoms with Crippen molar-refractivity contribution in [3.05, 3.63) is 320 Å². The second kappa shape index (κ2) is 23.1. The maximum Gasteiger partial charge on any atom is 0.164 e. The lowest BCUT2D eigenvalue weighted by atomic mass is 9.99. The molecule has 20 rings (SSSR count). The minimum atomic E-state index is 0. The van der Waals surface area contributed by atoms with Crippen LogP contribution in [-0.4, -0.2) is 39.5 Å². The van der Waals surface area contributed by atoms with Gasteiger partial charge in [-0.15, -0.1) is 0 Å². The van der Waals surface area contributed by atoms with Crippen molar-refractivity contribution < 1.29 is 1.43 Å². The molecule has 4 heterocycles. The number of nitrogens with zero attached hydrogens (tertiary/aromatic N) is 7. The number of aromatic amines is 1. The predicted octanol–water partition coefficient (Wildman–Crippen LogP) is 22.8. The first-order chi connectivity index (χ1) is 47.0. The van der Waals surface area contributed by atoms with Gasteiger partial charge in [0.05, 0.1) is 16.6 Å². The SMILES string of the molecule is Brc1ccc(-c2nc(-c3ccccc3)nc(-c3ccccc3)n2)cc1.[2HH].c1ccc(-c2nc(-c3ccccc3)nc(-c3ccc(-n4c5ccccc5c5cc6c7c(cccc7c54)-c4ccccc4-6)cc3)n2)cc1.c1ccc2c(c1)-c1cccc3c1c-2cc1c2ccccc2[nH]c31. The number of para-hydroxylation sites is 2. The zero-order valence-corrected chi connectivity index (χ0v) is 52.6. The molecule has 0 saturated carbocycles. The number of rotatable bonds is 7. The van der Waals surface area contributed by atoms with Gasteiger partial charge in [-0.2, -0.15) is 0 Å². The van der Waals surface area contributed by atoms with E-state index >= 15 is 0 Å². The average molecular weight is 1280 g/mol. The number of fused-ring (bicyclic) bond motifs is 14. The fourth-order valence-corrected chi connectivity index (χ4v) is 14.3. The van der Waals surface area contributed by atoms with E-state index in [9.17, 15) is 0 Å². The van der Waals surface area contributed by atoms with Crippen molar-refractivity contribution in [3.63, 3.8) is 0 Å². The van der Waals surface area contributed by atoms with Gasteiger partial charge in [0.15, 0.2) is 34.9 Å². The van der Waals surface area contributed by atoms with E-state index < -0.39 is 0 Å². The summed E-state index contributed by atoms with van der Waals surface area (Å²) in [5.41, 5.74) is 22.4. The van der Waals surface area contributed by atoms with E-state index in [2.05, 4.69) is 200 Å². The van der Waals surface area contributed by atoms with Crippen molar-refractivity contribution >= 4 is 81.1 Å². The van der Waals surface area contributed by atoms with Crippen molar-refractivity contribution in [1.82, 2.24) is 39.5 Å². The summed E-state index contributed by atoms with van der Waals surface area (Å²) in [5, 5.41) is 10.4. The van der Waals surface area contributed by atoms with Crippen LogP contribution in [0.3, 0.4) is 0 Å². The van der Waals surface area contributed by atoms with E-state index in [1.54, 1.807) is 0 Å². The summed E-state index contributed by atoms with van der Waals surface area (Å²) >= 11 is 3.47. The molecule has 446 valence electrons. The Balaban J connectivity index is 0.000000120. The number of hydrogen-bond donors (Lipinski definition) is 1. The first-order valence-corrected chi connectivity index (χ1v) is 32.6. The molecule has 0 aliphatic heterocycles. The monoisotopic (exact) mass is 1280 g/mol. The normalized spacial score (nSPS) is 11.6. The maximum atomic E-state index is 4.95. The molecule has 0 unspecified atom stereocenters. The minimum absolute atomic E-state index is 0. The fourth-order valence-electron chi connectivity index (χ4n) is 14.0. The molecule has 8 nitrogen and oxygen atoms in total. The van der Waals surface area contributed by atoms with Gasteiger partial charge in [-0.05, 0) is 116 Å². The smallest absolute Gasteiger partial charge is 0.164 e. The highest BCUT2D eigenvalue weighted by molar-refractivity contribution is 9.10. The van der Waals surface area contributed by atoms with Crippen LogP contribution in [0.25, 0.3) is 184 Å². The summed E-state index contributed by atoms with van der Waals surface area (Å²) in [6.07, 6.45) is 0. The highest BCUT2D eigenvalue weighted by Crippen LogP contribution is 2.52. The number of aromatic nitrogens is 8. The fraction of sp³-hybridized carbons (Fsp3) is 0. The van der Waals surface area contributed by atoms with Crippen LogP contribution in [0.2, 0.25) is 0 Å². The molecule has 0 atom stereocenters. The van der Waals surface area contributed by atoms with Crippen molar-refractivity contribution in [1.29, 1.82) is 0 Å². The van der Waals surface area contributed by atoms with E-state index in [0.717, 1.165) is 43.5 Å². The third-order valence-electron chi connectivity index (χ3n) is 18.3. The molecular formula is C86H55BrN8. The molecular weight excluding hydrogens is 1220 g/mol. The van der Waals surface area contributed by atoms with Gasteiger partial charge in [0.1, 0.15) is 0 Å². The Kier molecular flexibility index (Phi) is 13.5. The minimum Gasteiger partial charge on any atom is -0.354 e. The van der Waals surface area contributed by atoms with Gasteiger partial charge in [0.2, 0.25) is 0 Å². The first-order valence-electron chi connectivity index (χ1n) is 31.8. The third kappa shape index (κ3) is 9.67. The summed E-state index contributed by atoms with van der Waals surface area (Å²) < 4.78 is 3.44. The Hall–Kier alpha value is -12.3. The Morgan fingerprint density at radius 2 is 0.611 bits per heavy atom. The summed E-state index contributed by atoms with van der Waals surface area (Å²) in [6, 6.07) is 110. The van der Waals surface area contributed by atoms with Crippen LogP contribution in [0, 0.1) is 0 Å². The van der Waals surface area contributed by atoms with Gasteiger partial charge in [-0.3, -0.25) is 0 Å². The van der Waals surface area contributed by atoms with Crippen molar-refractivity contribution in [2.24, 2.45) is 0 Å². The molecule has 2 aliphatic rings. The van der Waals surface area contributed by atoms with E-state index in [-0.39, 0.29) is 1.43 Å². The van der Waals surface area contributed by atoms with Gasteiger partial charge in [0, 0.05) is 82.8 Å². The molecule has 0 fully saturated rings. The van der Waals surface area contributed by atoms with E-state index in [1.165, 1.54) is 110 Å². The molecule has 0 spiro atoms. The molecule has 2 aliphatic carbocycles. The highest BCUT2D eigenvalue weighted by atomic mass is 79.9. The van der Waals surface area contributed by atoms with Gasteiger partial charge in [-0.1, -0.05) is 271 Å². The lowest BCUT2D eigenvalue weighted by Crippen LogP contribution is -2.00. The van der Waals surface area contributed by atoms with E-state index in [4.69, 9.17) is 24.9 Å². The molecule has 0 saturated heterocycles. The standard InChI is InChI=1S/C43H26N4.C22H13N.C21H14BrN3.H2/c1-3-12-27(13-4-1)41-44-42(28-14-5-2-6-15-28)46-43(45-41)29-22-24-30(25-23-29)47-38-21-10-9-18-33(38)37-26-36-32-17-8-7-16-31(32)34-19-11-20-35(39(34)36)40(37)47;1-2-7-14-13(6-1)16-9-5-10-17-21(16)18(14)12-19-15-8-3-4-11-20(15)23-22(17)19;22-18-13-11-17(12-14-18)21-24-19(15-7-3-1-4-8-15)23-20(25-21)16-9-5-2-6-10-16;/h1-26H;1-12,23H;1-14H;1H/i;;;1+1. The molecule has 14 aromatic carbocycles. The molecule has 0 amide bonds. The second-order valence-corrected chi connectivity index (χ2v) is 24.8. The average Bonchev–Trinajstić information content (AvgIpc) is 1.55. The lowest BCUT2D eigenvalue weighted by molar-refractivity contribution is 1.07. The van der Waals surface area contributed by atoms with Crippen LogP contribution in [0.1, 0.15) is 1.43 Å². The van der Waals surface area contributed by atoms with Gasteiger partial charge in [0.25, 0.3) is 0 Å². The Bertz CT molecular complexity index is 5900. The largest absolute Gasteiger partial charge is 0.354 e. The molecule has 1 N–H and O–H groups in total. The molecule has 95 heavy (non-hydrogen) atoms. The van der Waals surface area contributed by atoms with E-state index in [0.29, 0.717) is 34.9 Å².